The smallest absolute Gasteiger partial charge is 0.253 e. The Morgan fingerprint density at radius 3 is 2.37 bits per heavy atom. The van der Waals surface area contributed by atoms with Crippen molar-refractivity contribution in [1.82, 2.24) is 9.80 Å². The third kappa shape index (κ3) is 4.99. The molecule has 1 spiro atoms. The van der Waals surface area contributed by atoms with Gasteiger partial charge in [-0.2, -0.15) is 0 Å². The third-order valence-electron chi connectivity index (χ3n) is 9.58. The number of rotatable bonds is 11. The van der Waals surface area contributed by atoms with Gasteiger partial charge in [0.2, 0.25) is 11.8 Å². The lowest BCUT2D eigenvalue weighted by atomic mass is 9.62. The van der Waals surface area contributed by atoms with Crippen LogP contribution in [-0.4, -0.2) is 75.6 Å². The molecule has 0 aliphatic carbocycles. The van der Waals surface area contributed by atoms with Gasteiger partial charge < -0.3 is 24.5 Å². The van der Waals surface area contributed by atoms with Crippen LogP contribution in [0.1, 0.15) is 32.8 Å². The Morgan fingerprint density at radius 2 is 1.77 bits per heavy atom. The van der Waals surface area contributed by atoms with Gasteiger partial charge in [-0.25, -0.2) is 0 Å². The number of nitrogens with zero attached hydrogens (tertiary/aromatic N) is 3. The van der Waals surface area contributed by atoms with Gasteiger partial charge in [-0.05, 0) is 56.0 Å². The van der Waals surface area contributed by atoms with E-state index in [-0.39, 0.29) is 36.8 Å². The molecule has 43 heavy (non-hydrogen) atoms. The Morgan fingerprint density at radius 1 is 1.12 bits per heavy atom. The summed E-state index contributed by atoms with van der Waals surface area (Å²) in [6.45, 7) is 13.8. The predicted octanol–water partition coefficient (Wildman–Crippen LogP) is 4.47. The fourth-order valence-corrected chi connectivity index (χ4v) is 7.63. The molecule has 3 saturated heterocycles. The van der Waals surface area contributed by atoms with Crippen molar-refractivity contribution >= 4 is 35.0 Å². The highest BCUT2D eigenvalue weighted by molar-refractivity contribution is 6.30. The summed E-state index contributed by atoms with van der Waals surface area (Å²) in [5.74, 6) is -2.72. The normalized spacial score (nSPS) is 29.7. The van der Waals surface area contributed by atoms with E-state index in [4.69, 9.17) is 16.3 Å². The number of aliphatic hydroxyl groups excluding tert-OH is 1. The quantitative estimate of drug-likeness (QED) is 0.382. The molecular formula is C34H40ClN3O5. The lowest BCUT2D eigenvalue weighted by Crippen LogP contribution is -2.58. The largest absolute Gasteiger partial charge is 0.394 e. The topological polar surface area (TPSA) is 90.4 Å². The minimum absolute atomic E-state index is 0.115. The van der Waals surface area contributed by atoms with Crippen molar-refractivity contribution in [3.05, 3.63) is 90.5 Å². The van der Waals surface area contributed by atoms with Crippen molar-refractivity contribution in [2.24, 2.45) is 17.8 Å². The predicted molar refractivity (Wildman–Crippen MR) is 166 cm³/mol. The van der Waals surface area contributed by atoms with Crippen molar-refractivity contribution in [3.63, 3.8) is 0 Å². The summed E-state index contributed by atoms with van der Waals surface area (Å²) in [6.07, 6.45) is 3.73. The van der Waals surface area contributed by atoms with Crippen LogP contribution in [0, 0.1) is 17.8 Å². The second-order valence-electron chi connectivity index (χ2n) is 12.2. The van der Waals surface area contributed by atoms with Gasteiger partial charge in [0, 0.05) is 30.3 Å². The van der Waals surface area contributed by atoms with Crippen LogP contribution in [-0.2, 0) is 25.7 Å². The number of ether oxygens (including phenoxy) is 1. The van der Waals surface area contributed by atoms with Crippen molar-refractivity contribution in [3.8, 4) is 0 Å². The molecule has 3 heterocycles. The zero-order valence-corrected chi connectivity index (χ0v) is 25.7. The summed E-state index contributed by atoms with van der Waals surface area (Å²) in [6, 6.07) is 14.8. The number of hydrogen-bond donors (Lipinski definition) is 1. The Bertz CT molecular complexity index is 1400. The van der Waals surface area contributed by atoms with E-state index in [0.717, 1.165) is 5.56 Å². The lowest BCUT2D eigenvalue weighted by molar-refractivity contribution is -0.153. The summed E-state index contributed by atoms with van der Waals surface area (Å²) in [4.78, 5) is 48.4. The number of hydrogen-bond acceptors (Lipinski definition) is 5. The van der Waals surface area contributed by atoms with Crippen LogP contribution in [0.3, 0.4) is 0 Å². The van der Waals surface area contributed by atoms with E-state index in [2.05, 4.69) is 13.2 Å². The minimum Gasteiger partial charge on any atom is -0.394 e. The van der Waals surface area contributed by atoms with E-state index >= 15 is 0 Å². The van der Waals surface area contributed by atoms with Gasteiger partial charge in [-0.1, -0.05) is 61.0 Å². The number of amides is 3. The van der Waals surface area contributed by atoms with Gasteiger partial charge in [0.15, 0.2) is 0 Å². The molecule has 0 radical (unpaired) electrons. The Labute approximate surface area is 258 Å². The molecule has 3 unspecified atom stereocenters. The first kappa shape index (κ1) is 31.0. The SMILES string of the molecule is C=CCN(Cc1ccccc1)C(=O)[C@H]1[C@H]2C(=O)N([C@H](C)CO)C(C(=O)N(CC=C)c3ccc(Cl)cc3)C23CC(C)[C@]1(C)O3. The molecule has 2 aromatic rings. The van der Waals surface area contributed by atoms with E-state index in [1.165, 1.54) is 4.90 Å². The number of aliphatic hydroxyl groups is 1. The maximum absolute atomic E-state index is 14.7. The average molecular weight is 606 g/mol. The van der Waals surface area contributed by atoms with E-state index in [0.29, 0.717) is 30.2 Å². The lowest BCUT2D eigenvalue weighted by Gasteiger charge is -2.39. The van der Waals surface area contributed by atoms with E-state index in [1.807, 2.05) is 44.2 Å². The van der Waals surface area contributed by atoms with Crippen LogP contribution in [0.15, 0.2) is 79.9 Å². The van der Waals surface area contributed by atoms with Gasteiger partial charge >= 0.3 is 0 Å². The number of carbonyl (C=O) groups excluding carboxylic acids is 3. The zero-order valence-electron chi connectivity index (χ0n) is 25.0. The fourth-order valence-electron chi connectivity index (χ4n) is 7.50. The number of likely N-dealkylation sites (tertiary alicyclic amines) is 1. The molecule has 5 rings (SSSR count). The number of fused-ring (bicyclic) bond motifs is 1. The maximum Gasteiger partial charge on any atom is 0.253 e. The highest BCUT2D eigenvalue weighted by Gasteiger charge is 2.80. The molecule has 3 aliphatic rings. The second kappa shape index (κ2) is 11.9. The number of halogens is 1. The molecule has 228 valence electrons. The maximum atomic E-state index is 14.7. The van der Waals surface area contributed by atoms with Crippen molar-refractivity contribution < 1.29 is 24.2 Å². The summed E-state index contributed by atoms with van der Waals surface area (Å²) < 4.78 is 6.90. The number of benzene rings is 2. The standard InChI is InChI=1S/C34H40ClN3O5/c1-6-17-36(20-24-11-9-8-10-12-24)30(40)27-28-31(41)38(23(4)21-39)29(34(28)19-22(3)33(27,5)43-34)32(42)37(18-7-2)26-15-13-25(35)14-16-26/h6-16,22-23,27-29,39H,1-2,17-21H2,3-5H3/t22?,23-,27-,28+,29?,33+,34?/m1/s1. The van der Waals surface area contributed by atoms with Gasteiger partial charge in [0.25, 0.3) is 5.91 Å². The van der Waals surface area contributed by atoms with Crippen molar-refractivity contribution in [2.45, 2.75) is 57.0 Å². The first-order chi connectivity index (χ1) is 20.5. The molecule has 0 saturated carbocycles. The molecule has 2 aromatic carbocycles. The molecule has 2 bridgehead atoms. The molecule has 9 heteroatoms. The van der Waals surface area contributed by atoms with E-state index in [9.17, 15) is 19.5 Å². The van der Waals surface area contributed by atoms with Crippen molar-refractivity contribution in [1.29, 1.82) is 0 Å². The first-order valence-electron chi connectivity index (χ1n) is 14.8. The highest BCUT2D eigenvalue weighted by atomic mass is 35.5. The van der Waals surface area contributed by atoms with Crippen LogP contribution in [0.4, 0.5) is 5.69 Å². The summed E-state index contributed by atoms with van der Waals surface area (Å²) in [5, 5.41) is 10.8. The molecule has 3 amide bonds. The van der Waals surface area contributed by atoms with Gasteiger partial charge in [-0.15, -0.1) is 13.2 Å². The number of anilines is 1. The fraction of sp³-hybridized carbons (Fsp3) is 0.441. The van der Waals surface area contributed by atoms with Crippen LogP contribution >= 0.6 is 11.6 Å². The second-order valence-corrected chi connectivity index (χ2v) is 12.6. The molecular weight excluding hydrogens is 566 g/mol. The Balaban J connectivity index is 1.60. The van der Waals surface area contributed by atoms with Crippen molar-refractivity contribution in [2.75, 3.05) is 24.6 Å². The van der Waals surface area contributed by atoms with E-state index < -0.39 is 35.1 Å². The first-order valence-corrected chi connectivity index (χ1v) is 15.2. The van der Waals surface area contributed by atoms with Gasteiger partial charge in [0.05, 0.1) is 30.1 Å². The Hall–Kier alpha value is -3.46. The molecule has 8 nitrogen and oxygen atoms in total. The molecule has 3 aliphatic heterocycles. The van der Waals surface area contributed by atoms with Crippen LogP contribution in [0.5, 0.6) is 0 Å². The molecule has 3 fully saturated rings. The minimum atomic E-state index is -1.25. The summed E-state index contributed by atoms with van der Waals surface area (Å²) >= 11 is 6.14. The monoisotopic (exact) mass is 605 g/mol. The number of carbonyl (C=O) groups is 3. The highest BCUT2D eigenvalue weighted by Crippen LogP contribution is 2.65. The van der Waals surface area contributed by atoms with Crippen LogP contribution in [0.25, 0.3) is 0 Å². The third-order valence-corrected chi connectivity index (χ3v) is 9.84. The van der Waals surface area contributed by atoms with Crippen LogP contribution < -0.4 is 4.90 Å². The zero-order chi connectivity index (χ0) is 31.1. The molecule has 7 atom stereocenters. The molecule has 0 aromatic heterocycles. The molecule has 1 N–H and O–H groups in total. The van der Waals surface area contributed by atoms with Gasteiger partial charge in [0.1, 0.15) is 11.6 Å². The average Bonchev–Trinajstić information content (AvgIpc) is 3.52. The summed E-state index contributed by atoms with van der Waals surface area (Å²) in [7, 11) is 0. The van der Waals surface area contributed by atoms with Gasteiger partial charge in [-0.3, -0.25) is 14.4 Å². The van der Waals surface area contributed by atoms with E-state index in [1.54, 1.807) is 53.1 Å². The van der Waals surface area contributed by atoms with Crippen LogP contribution in [0.2, 0.25) is 5.02 Å². The Kier molecular flexibility index (Phi) is 8.58. The summed E-state index contributed by atoms with van der Waals surface area (Å²) in [5.41, 5.74) is -0.661.